The molecule has 214 valence electrons. The van der Waals surface area contributed by atoms with Gasteiger partial charge < -0.3 is 4.90 Å². The predicted octanol–water partition coefficient (Wildman–Crippen LogP) is 7.73. The van der Waals surface area contributed by atoms with Gasteiger partial charge in [-0.15, -0.1) is 23.1 Å². The molecule has 0 aliphatic carbocycles. The molecule has 1 N–H and O–H groups in total. The Morgan fingerprint density at radius 1 is 0.974 bits per heavy atom. The third kappa shape index (κ3) is 12.3. The molecule has 0 fully saturated rings. The van der Waals surface area contributed by atoms with E-state index in [1.165, 1.54) is 68.5 Å². The average Bonchev–Trinajstić information content (AvgIpc) is 3.42. The monoisotopic (exact) mass is 590 g/mol. The second-order valence-electron chi connectivity index (χ2n) is 10.1. The van der Waals surface area contributed by atoms with E-state index in [0.29, 0.717) is 5.92 Å². The fourth-order valence-electron chi connectivity index (χ4n) is 3.72. The van der Waals surface area contributed by atoms with E-state index in [1.54, 1.807) is 23.9 Å². The molecular formula is C30H42N2O4S3. The first-order valence-electron chi connectivity index (χ1n) is 13.4. The van der Waals surface area contributed by atoms with Gasteiger partial charge in [0.2, 0.25) is 5.78 Å². The molecule has 6 nitrogen and oxygen atoms in total. The van der Waals surface area contributed by atoms with Crippen molar-refractivity contribution in [1.82, 2.24) is 9.88 Å². The van der Waals surface area contributed by atoms with Crippen LogP contribution in [0, 0.1) is 6.92 Å². The van der Waals surface area contributed by atoms with Gasteiger partial charge in [0.1, 0.15) is 5.03 Å². The number of rotatable bonds is 14. The van der Waals surface area contributed by atoms with Crippen LogP contribution in [-0.4, -0.2) is 55.0 Å². The molecule has 9 heteroatoms. The molecule has 2 aromatic heterocycles. The Hall–Kier alpha value is -2.04. The molecule has 0 saturated carbocycles. The van der Waals surface area contributed by atoms with E-state index in [2.05, 4.69) is 32.8 Å². The van der Waals surface area contributed by atoms with Crippen molar-refractivity contribution in [2.75, 3.05) is 26.4 Å². The van der Waals surface area contributed by atoms with Crippen molar-refractivity contribution in [3.63, 3.8) is 0 Å². The minimum Gasteiger partial charge on any atom is -0.309 e. The summed E-state index contributed by atoms with van der Waals surface area (Å²) in [5.41, 5.74) is 2.77. The smallest absolute Gasteiger partial charge is 0.294 e. The summed E-state index contributed by atoms with van der Waals surface area (Å²) in [6.07, 6.45) is 7.67. The van der Waals surface area contributed by atoms with Gasteiger partial charge in [-0.1, -0.05) is 63.3 Å². The van der Waals surface area contributed by atoms with Gasteiger partial charge in [-0.05, 0) is 87.8 Å². The van der Waals surface area contributed by atoms with Crippen LogP contribution in [-0.2, 0) is 10.1 Å². The molecule has 0 radical (unpaired) electrons. The Morgan fingerprint density at radius 2 is 1.62 bits per heavy atom. The number of hydrogen-bond acceptors (Lipinski definition) is 7. The number of thiophene rings is 1. The Bertz CT molecular complexity index is 1240. The first kappa shape index (κ1) is 33.2. The number of unbranched alkanes of at least 4 members (excludes halogenated alkanes) is 5. The maximum Gasteiger partial charge on any atom is 0.294 e. The molecule has 0 aliphatic heterocycles. The first-order valence-corrected chi connectivity index (χ1v) is 16.7. The van der Waals surface area contributed by atoms with Crippen LogP contribution in [0.15, 0.2) is 63.8 Å². The normalized spacial score (nSPS) is 11.5. The second-order valence-corrected chi connectivity index (χ2v) is 13.6. The molecule has 3 aromatic rings. The Morgan fingerprint density at radius 3 is 2.18 bits per heavy atom. The van der Waals surface area contributed by atoms with Crippen LogP contribution in [0.1, 0.15) is 84.8 Å². The van der Waals surface area contributed by atoms with Crippen LogP contribution in [0.4, 0.5) is 0 Å². The molecule has 0 atom stereocenters. The zero-order valence-corrected chi connectivity index (χ0v) is 26.2. The predicted molar refractivity (Wildman–Crippen MR) is 164 cm³/mol. The molecule has 0 unspecified atom stereocenters. The number of carbonyl (C=O) groups is 1. The number of aromatic nitrogens is 1. The zero-order chi connectivity index (χ0) is 28.8. The van der Waals surface area contributed by atoms with Crippen LogP contribution in [0.5, 0.6) is 0 Å². The zero-order valence-electron chi connectivity index (χ0n) is 23.7. The van der Waals surface area contributed by atoms with Crippen molar-refractivity contribution in [2.24, 2.45) is 0 Å². The lowest BCUT2D eigenvalue weighted by atomic mass is 10.1. The number of thioether (sulfide) groups is 1. The third-order valence-electron chi connectivity index (χ3n) is 6.02. The molecule has 2 heterocycles. The van der Waals surface area contributed by atoms with Gasteiger partial charge in [0, 0.05) is 5.69 Å². The molecule has 1 aromatic carbocycles. The molecule has 0 spiro atoms. The fourth-order valence-corrected chi connectivity index (χ4v) is 5.90. The van der Waals surface area contributed by atoms with Gasteiger partial charge in [-0.3, -0.25) is 9.35 Å². The van der Waals surface area contributed by atoms with Crippen LogP contribution < -0.4 is 0 Å². The summed E-state index contributed by atoms with van der Waals surface area (Å²) in [4.78, 5) is 20.6. The number of aryl methyl sites for hydroxylation is 1. The van der Waals surface area contributed by atoms with Crippen LogP contribution in [0.25, 0.3) is 0 Å². The van der Waals surface area contributed by atoms with Crippen molar-refractivity contribution in [3.05, 3.63) is 75.6 Å². The lowest BCUT2D eigenvalue weighted by Crippen LogP contribution is -2.12. The molecule has 0 amide bonds. The van der Waals surface area contributed by atoms with Crippen LogP contribution in [0.2, 0.25) is 0 Å². The number of benzene rings is 1. The largest absolute Gasteiger partial charge is 0.309 e. The fraction of sp³-hybridized carbons (Fsp3) is 0.467. The Kier molecular flexibility index (Phi) is 14.4. The molecular weight excluding hydrogens is 549 g/mol. The van der Waals surface area contributed by atoms with E-state index >= 15 is 0 Å². The average molecular weight is 591 g/mol. The second kappa shape index (κ2) is 16.9. The summed E-state index contributed by atoms with van der Waals surface area (Å²) in [5.74, 6) is 1.49. The van der Waals surface area contributed by atoms with E-state index in [4.69, 9.17) is 9.54 Å². The number of pyridine rings is 1. The van der Waals surface area contributed by atoms with Gasteiger partial charge in [-0.2, -0.15) is 8.42 Å². The van der Waals surface area contributed by atoms with Crippen molar-refractivity contribution >= 4 is 39.0 Å². The maximum atomic E-state index is 12.8. The number of nitrogens with zero attached hydrogens (tertiary/aromatic N) is 2. The highest BCUT2D eigenvalue weighted by atomic mass is 32.2. The van der Waals surface area contributed by atoms with E-state index in [-0.39, 0.29) is 10.7 Å². The molecule has 0 aliphatic rings. The van der Waals surface area contributed by atoms with E-state index in [9.17, 15) is 13.2 Å². The highest BCUT2D eigenvalue weighted by molar-refractivity contribution is 7.99. The van der Waals surface area contributed by atoms with Gasteiger partial charge in [-0.25, -0.2) is 4.98 Å². The minimum atomic E-state index is -4.02. The number of hydrogen-bond donors (Lipinski definition) is 1. The van der Waals surface area contributed by atoms with Crippen molar-refractivity contribution in [1.29, 1.82) is 0 Å². The lowest BCUT2D eigenvalue weighted by molar-refractivity contribution is 0.103. The highest BCUT2D eigenvalue weighted by Crippen LogP contribution is 2.28. The van der Waals surface area contributed by atoms with Gasteiger partial charge in [0.05, 0.1) is 15.3 Å². The van der Waals surface area contributed by atoms with Gasteiger partial charge in [0.25, 0.3) is 10.1 Å². The summed E-state index contributed by atoms with van der Waals surface area (Å²) in [6, 6.07) is 13.8. The minimum absolute atomic E-state index is 0.0666. The third-order valence-corrected chi connectivity index (χ3v) is 8.83. The van der Waals surface area contributed by atoms with E-state index < -0.39 is 10.1 Å². The first-order chi connectivity index (χ1) is 18.5. The summed E-state index contributed by atoms with van der Waals surface area (Å²) in [6.45, 7) is 7.32. The van der Waals surface area contributed by atoms with E-state index in [1.807, 2.05) is 36.6 Å². The van der Waals surface area contributed by atoms with Crippen molar-refractivity contribution in [2.45, 2.75) is 75.1 Å². The number of ketones is 1. The van der Waals surface area contributed by atoms with Crippen molar-refractivity contribution < 1.29 is 17.8 Å². The highest BCUT2D eigenvalue weighted by Gasteiger charge is 2.17. The summed E-state index contributed by atoms with van der Waals surface area (Å²) in [7, 11) is 0.252. The Labute approximate surface area is 243 Å². The molecule has 39 heavy (non-hydrogen) atoms. The van der Waals surface area contributed by atoms with Crippen molar-refractivity contribution in [3.8, 4) is 0 Å². The summed E-state index contributed by atoms with van der Waals surface area (Å²) in [5, 5.41) is 2.85. The van der Waals surface area contributed by atoms with Gasteiger partial charge >= 0.3 is 0 Å². The SMILES string of the molecule is CC(C)c1ccc(C(=O)c2cccs2)c(SCCCCCCCCN(C)C)n1.Cc1ccc(S(=O)(=O)O)cc1. The lowest BCUT2D eigenvalue weighted by Gasteiger charge is -2.11. The molecule has 3 rings (SSSR count). The van der Waals surface area contributed by atoms with Crippen LogP contribution >= 0.6 is 23.1 Å². The van der Waals surface area contributed by atoms with Crippen LogP contribution in [0.3, 0.4) is 0 Å². The van der Waals surface area contributed by atoms with Gasteiger partial charge in [0.15, 0.2) is 0 Å². The standard InChI is InChI=1S/C23H34N2OS2.C7H8O3S/c1-18(2)20-14-13-19(22(26)21-12-11-17-27-21)23(24-20)28-16-10-8-6-5-7-9-15-25(3)4;1-6-2-4-7(5-3-6)11(8,9)10/h11-14,17-18H,5-10,15-16H2,1-4H3;2-5H,1H3,(H,8,9,10). The quantitative estimate of drug-likeness (QED) is 0.0889. The Balaban J connectivity index is 0.000000404. The summed E-state index contributed by atoms with van der Waals surface area (Å²) < 4.78 is 29.6. The molecule has 0 bridgehead atoms. The number of carbonyl (C=O) groups excluding carboxylic acids is 1. The summed E-state index contributed by atoms with van der Waals surface area (Å²) >= 11 is 3.24. The van der Waals surface area contributed by atoms with E-state index in [0.717, 1.165) is 32.5 Å². The molecule has 0 saturated heterocycles. The maximum absolute atomic E-state index is 12.8. The topological polar surface area (TPSA) is 87.6 Å².